The number of carbonyl (C=O) groups excluding carboxylic acids is 2. The fraction of sp³-hybridized carbons (Fsp3) is 0.130. The Balaban J connectivity index is 1.73. The van der Waals surface area contributed by atoms with Crippen LogP contribution in [0.5, 0.6) is 0 Å². The van der Waals surface area contributed by atoms with E-state index in [1.165, 1.54) is 0 Å². The zero-order valence-electron chi connectivity index (χ0n) is 15.9. The van der Waals surface area contributed by atoms with E-state index < -0.39 is 6.04 Å². The third-order valence-corrected chi connectivity index (χ3v) is 4.40. The van der Waals surface area contributed by atoms with Crippen LogP contribution in [0.4, 0.5) is 11.4 Å². The highest BCUT2D eigenvalue weighted by atomic mass is 16.2. The third kappa shape index (κ3) is 4.57. The van der Waals surface area contributed by atoms with E-state index in [1.807, 2.05) is 60.7 Å². The summed E-state index contributed by atoms with van der Waals surface area (Å²) in [5.74, 6) is -0.328. The number of benzene rings is 3. The standard InChI is InChI=1S/C23H23N3O2/c1-16(25-19-12-8-11-18(15-19)23(28)24-2)22(27)26-21-14-7-6-13-20(21)17-9-4-3-5-10-17/h3-16,25H,1-2H3,(H,24,28)(H,26,27)/t16-/m1/s1. The van der Waals surface area contributed by atoms with Gasteiger partial charge in [-0.1, -0.05) is 54.6 Å². The summed E-state index contributed by atoms with van der Waals surface area (Å²) in [5, 5.41) is 8.74. The smallest absolute Gasteiger partial charge is 0.251 e. The van der Waals surface area contributed by atoms with Gasteiger partial charge in [-0.25, -0.2) is 0 Å². The van der Waals surface area contributed by atoms with Crippen molar-refractivity contribution in [2.45, 2.75) is 13.0 Å². The fourth-order valence-electron chi connectivity index (χ4n) is 2.91. The Morgan fingerprint density at radius 1 is 0.857 bits per heavy atom. The van der Waals surface area contributed by atoms with Gasteiger partial charge in [0.05, 0.1) is 0 Å². The molecule has 0 aromatic heterocycles. The topological polar surface area (TPSA) is 70.2 Å². The first-order chi connectivity index (χ1) is 13.6. The van der Waals surface area contributed by atoms with Crippen molar-refractivity contribution in [1.29, 1.82) is 0 Å². The van der Waals surface area contributed by atoms with Gasteiger partial charge in [-0.05, 0) is 36.8 Å². The zero-order valence-corrected chi connectivity index (χ0v) is 15.9. The van der Waals surface area contributed by atoms with E-state index in [0.717, 1.165) is 16.8 Å². The van der Waals surface area contributed by atoms with Gasteiger partial charge in [0.15, 0.2) is 0 Å². The number of anilines is 2. The minimum Gasteiger partial charge on any atom is -0.374 e. The normalized spacial score (nSPS) is 11.4. The third-order valence-electron chi connectivity index (χ3n) is 4.40. The number of nitrogens with one attached hydrogen (secondary N) is 3. The summed E-state index contributed by atoms with van der Waals surface area (Å²) in [6, 6.07) is 24.2. The summed E-state index contributed by atoms with van der Waals surface area (Å²) in [5.41, 5.74) is 4.00. The molecule has 3 rings (SSSR count). The zero-order chi connectivity index (χ0) is 19.9. The van der Waals surface area contributed by atoms with Gasteiger partial charge >= 0.3 is 0 Å². The lowest BCUT2D eigenvalue weighted by Gasteiger charge is -2.17. The molecule has 28 heavy (non-hydrogen) atoms. The molecular formula is C23H23N3O2. The highest BCUT2D eigenvalue weighted by Crippen LogP contribution is 2.27. The fourth-order valence-corrected chi connectivity index (χ4v) is 2.91. The number of hydrogen-bond acceptors (Lipinski definition) is 3. The van der Waals surface area contributed by atoms with Crippen molar-refractivity contribution in [3.63, 3.8) is 0 Å². The molecule has 5 nitrogen and oxygen atoms in total. The maximum atomic E-state index is 12.7. The molecule has 5 heteroatoms. The largest absolute Gasteiger partial charge is 0.374 e. The van der Waals surface area contributed by atoms with Gasteiger partial charge in [0, 0.05) is 29.5 Å². The lowest BCUT2D eigenvalue weighted by Crippen LogP contribution is -2.32. The summed E-state index contributed by atoms with van der Waals surface area (Å²) in [6.07, 6.45) is 0. The summed E-state index contributed by atoms with van der Waals surface area (Å²) >= 11 is 0. The summed E-state index contributed by atoms with van der Waals surface area (Å²) in [7, 11) is 1.59. The van der Waals surface area contributed by atoms with Crippen LogP contribution in [0.1, 0.15) is 17.3 Å². The first kappa shape index (κ1) is 19.2. The second kappa shape index (κ2) is 8.86. The average Bonchev–Trinajstić information content (AvgIpc) is 2.74. The Labute approximate surface area is 164 Å². The Morgan fingerprint density at radius 3 is 2.32 bits per heavy atom. The molecule has 0 saturated heterocycles. The van der Waals surface area contributed by atoms with Gasteiger partial charge in [-0.15, -0.1) is 0 Å². The minimum absolute atomic E-state index is 0.159. The molecule has 3 aromatic carbocycles. The molecule has 0 fully saturated rings. The first-order valence-electron chi connectivity index (χ1n) is 9.12. The van der Waals surface area contributed by atoms with Crippen LogP contribution in [0.3, 0.4) is 0 Å². The van der Waals surface area contributed by atoms with Crippen molar-refractivity contribution in [3.8, 4) is 11.1 Å². The Hall–Kier alpha value is -3.60. The molecule has 0 saturated carbocycles. The Kier molecular flexibility index (Phi) is 6.07. The first-order valence-corrected chi connectivity index (χ1v) is 9.12. The summed E-state index contributed by atoms with van der Waals surface area (Å²) in [6.45, 7) is 1.78. The molecule has 0 heterocycles. The van der Waals surface area contributed by atoms with Gasteiger partial charge in [0.2, 0.25) is 5.91 Å². The molecule has 0 bridgehead atoms. The molecule has 0 aliphatic heterocycles. The molecule has 0 radical (unpaired) electrons. The van der Waals surface area contributed by atoms with Crippen LogP contribution in [0.15, 0.2) is 78.9 Å². The van der Waals surface area contributed by atoms with Crippen molar-refractivity contribution < 1.29 is 9.59 Å². The van der Waals surface area contributed by atoms with Gasteiger partial charge in [0.25, 0.3) is 5.91 Å². The number of rotatable bonds is 6. The van der Waals surface area contributed by atoms with Crippen molar-refractivity contribution >= 4 is 23.2 Å². The number of para-hydroxylation sites is 1. The van der Waals surface area contributed by atoms with Crippen LogP contribution < -0.4 is 16.0 Å². The maximum absolute atomic E-state index is 12.7. The van der Waals surface area contributed by atoms with Gasteiger partial charge in [-0.2, -0.15) is 0 Å². The quantitative estimate of drug-likeness (QED) is 0.608. The Morgan fingerprint density at radius 2 is 1.57 bits per heavy atom. The van der Waals surface area contributed by atoms with E-state index in [-0.39, 0.29) is 11.8 Å². The van der Waals surface area contributed by atoms with Crippen molar-refractivity contribution in [2.75, 3.05) is 17.7 Å². The van der Waals surface area contributed by atoms with Crippen LogP contribution >= 0.6 is 0 Å². The van der Waals surface area contributed by atoms with Crippen LogP contribution in [-0.2, 0) is 4.79 Å². The van der Waals surface area contributed by atoms with E-state index in [2.05, 4.69) is 16.0 Å². The van der Waals surface area contributed by atoms with E-state index >= 15 is 0 Å². The van der Waals surface area contributed by atoms with Gasteiger partial charge in [-0.3, -0.25) is 9.59 Å². The predicted octanol–water partition coefficient (Wildman–Crippen LogP) is 4.15. The molecule has 0 unspecified atom stereocenters. The van der Waals surface area contributed by atoms with Crippen molar-refractivity contribution in [2.24, 2.45) is 0 Å². The number of carbonyl (C=O) groups is 2. The monoisotopic (exact) mass is 373 g/mol. The molecule has 3 N–H and O–H groups in total. The number of hydrogen-bond donors (Lipinski definition) is 3. The Bertz CT molecular complexity index is 970. The van der Waals surface area contributed by atoms with Gasteiger partial charge < -0.3 is 16.0 Å². The van der Waals surface area contributed by atoms with Crippen molar-refractivity contribution in [3.05, 3.63) is 84.4 Å². The molecule has 3 aromatic rings. The SMILES string of the molecule is CNC(=O)c1cccc(N[C@H](C)C(=O)Nc2ccccc2-c2ccccc2)c1. The maximum Gasteiger partial charge on any atom is 0.251 e. The van der Waals surface area contributed by atoms with E-state index in [9.17, 15) is 9.59 Å². The predicted molar refractivity (Wildman–Crippen MR) is 113 cm³/mol. The second-order valence-electron chi connectivity index (χ2n) is 6.43. The molecule has 0 aliphatic rings. The highest BCUT2D eigenvalue weighted by Gasteiger charge is 2.15. The van der Waals surface area contributed by atoms with Crippen LogP contribution in [0.2, 0.25) is 0 Å². The molecule has 142 valence electrons. The van der Waals surface area contributed by atoms with Crippen molar-refractivity contribution in [1.82, 2.24) is 5.32 Å². The molecular weight excluding hydrogens is 350 g/mol. The molecule has 2 amide bonds. The lowest BCUT2D eigenvalue weighted by atomic mass is 10.0. The molecule has 1 atom stereocenters. The minimum atomic E-state index is -0.483. The molecule has 0 spiro atoms. The van der Waals surface area contributed by atoms with Crippen LogP contribution in [0, 0.1) is 0 Å². The second-order valence-corrected chi connectivity index (χ2v) is 6.43. The average molecular weight is 373 g/mol. The highest BCUT2D eigenvalue weighted by molar-refractivity contribution is 6.00. The summed E-state index contributed by atoms with van der Waals surface area (Å²) in [4.78, 5) is 24.5. The number of amides is 2. The summed E-state index contributed by atoms with van der Waals surface area (Å²) < 4.78 is 0. The van der Waals surface area contributed by atoms with E-state index in [4.69, 9.17) is 0 Å². The van der Waals surface area contributed by atoms with E-state index in [0.29, 0.717) is 11.3 Å². The van der Waals surface area contributed by atoms with Gasteiger partial charge in [0.1, 0.15) is 6.04 Å². The van der Waals surface area contributed by atoms with E-state index in [1.54, 1.807) is 32.2 Å². The van der Waals surface area contributed by atoms with Crippen LogP contribution in [0.25, 0.3) is 11.1 Å². The van der Waals surface area contributed by atoms with Crippen LogP contribution in [-0.4, -0.2) is 24.9 Å². The molecule has 0 aliphatic carbocycles. The lowest BCUT2D eigenvalue weighted by molar-refractivity contribution is -0.116.